The zero-order valence-electron chi connectivity index (χ0n) is 41.7. The minimum absolute atomic E-state index is 0.0386. The summed E-state index contributed by atoms with van der Waals surface area (Å²) in [4.78, 5) is 162. The van der Waals surface area contributed by atoms with Gasteiger partial charge < -0.3 is 91.5 Å². The highest BCUT2D eigenvalue weighted by atomic mass is 16.4. The number of benzene rings is 2. The summed E-state index contributed by atoms with van der Waals surface area (Å²) in [7, 11) is 0. The lowest BCUT2D eigenvalue weighted by Gasteiger charge is -2.26. The summed E-state index contributed by atoms with van der Waals surface area (Å²) in [5.74, 6) is -13.8. The molecule has 3 aromatic rings. The molecule has 30 heteroatoms. The van der Waals surface area contributed by atoms with Gasteiger partial charge in [-0.1, -0.05) is 48.5 Å². The number of aromatic nitrogens is 1. The number of rotatable bonds is 33. The van der Waals surface area contributed by atoms with Crippen LogP contribution in [0.15, 0.2) is 65.8 Å². The van der Waals surface area contributed by atoms with Crippen molar-refractivity contribution in [2.24, 2.45) is 33.7 Å². The fourth-order valence-electron chi connectivity index (χ4n) is 7.28. The maximum atomic E-state index is 14.2. The van der Waals surface area contributed by atoms with Crippen molar-refractivity contribution in [1.29, 1.82) is 0 Å². The van der Waals surface area contributed by atoms with Gasteiger partial charge in [-0.15, -0.1) is 0 Å². The number of fused-ring (bicyclic) bond motifs is 1. The average molecular weight is 1080 g/mol. The zero-order valence-corrected chi connectivity index (χ0v) is 41.7. The van der Waals surface area contributed by atoms with Crippen LogP contribution in [0.1, 0.15) is 56.6 Å². The number of para-hydroxylation sites is 1. The highest BCUT2D eigenvalue weighted by Gasteiger charge is 2.35. The number of guanidine groups is 1. The van der Waals surface area contributed by atoms with Crippen LogP contribution in [-0.4, -0.2) is 165 Å². The normalized spacial score (nSPS) is 14.0. The Morgan fingerprint density at radius 2 is 1.08 bits per heavy atom. The number of aliphatic hydroxyl groups excluding tert-OH is 1. The van der Waals surface area contributed by atoms with Crippen LogP contribution in [0.5, 0.6) is 0 Å². The third-order valence-electron chi connectivity index (χ3n) is 11.3. The SMILES string of the molecule is C[C@@H](O)[C@H](N)C(=O)NCC(=O)N[C@@H](CCC(=O)O)C(=O)NCC(=O)N[C@@H](CC(N)=O)C(=O)N[C@@H](Cc1ccccc1)C(=O)N[C@@H](CC(N)=O)C(=O)N[C@@H](Cc1c[nH]c2ccccc12)C(=O)N[C@@H](CCCN=C(N)N)C(=O)O. The molecule has 0 aliphatic heterocycles. The number of carboxylic acids is 2. The molecule has 77 heavy (non-hydrogen) atoms. The molecule has 0 bridgehead atoms. The third kappa shape index (κ3) is 22.1. The summed E-state index contributed by atoms with van der Waals surface area (Å²) < 4.78 is 0. The number of aliphatic carboxylic acids is 2. The van der Waals surface area contributed by atoms with Gasteiger partial charge in [0.25, 0.3) is 0 Å². The molecule has 8 atom stereocenters. The topological polar surface area (TPSA) is 520 Å². The molecule has 22 N–H and O–H groups in total. The van der Waals surface area contributed by atoms with E-state index in [0.29, 0.717) is 22.0 Å². The van der Waals surface area contributed by atoms with Crippen LogP contribution in [0.4, 0.5) is 0 Å². The molecule has 0 fully saturated rings. The lowest BCUT2D eigenvalue weighted by atomic mass is 10.0. The number of nitrogens with zero attached hydrogens (tertiary/aromatic N) is 1. The first-order chi connectivity index (χ1) is 36.3. The molecule has 0 radical (unpaired) electrons. The number of hydrogen-bond acceptors (Lipinski definition) is 15. The van der Waals surface area contributed by atoms with Crippen LogP contribution in [0.25, 0.3) is 10.9 Å². The van der Waals surface area contributed by atoms with E-state index in [1.807, 2.05) is 0 Å². The monoisotopic (exact) mass is 1080 g/mol. The number of carbonyl (C=O) groups excluding carboxylic acids is 10. The van der Waals surface area contributed by atoms with Crippen LogP contribution in [0.2, 0.25) is 0 Å². The second kappa shape index (κ2) is 30.9. The minimum Gasteiger partial charge on any atom is -0.481 e. The molecular formula is C47H65N15O15. The molecule has 0 unspecified atom stereocenters. The number of aromatic amines is 1. The van der Waals surface area contributed by atoms with Gasteiger partial charge in [0, 0.05) is 42.9 Å². The second-order valence-electron chi connectivity index (χ2n) is 17.5. The van der Waals surface area contributed by atoms with E-state index in [4.69, 9.17) is 28.7 Å². The number of aliphatic imine (C=N–C) groups is 1. The van der Waals surface area contributed by atoms with Gasteiger partial charge >= 0.3 is 11.9 Å². The fraction of sp³-hybridized carbons (Fsp3) is 0.426. The van der Waals surface area contributed by atoms with E-state index < -0.39 is 158 Å². The number of aliphatic hydroxyl groups is 1. The Bertz CT molecular complexity index is 2640. The maximum Gasteiger partial charge on any atom is 0.326 e. The number of carboxylic acid groups (broad SMARTS) is 2. The molecule has 418 valence electrons. The number of primary amides is 2. The van der Waals surface area contributed by atoms with E-state index in [0.717, 1.165) is 0 Å². The van der Waals surface area contributed by atoms with Gasteiger partial charge in [0.2, 0.25) is 59.1 Å². The van der Waals surface area contributed by atoms with E-state index in [9.17, 15) is 72.9 Å². The van der Waals surface area contributed by atoms with Crippen LogP contribution in [-0.2, 0) is 70.4 Å². The first-order valence-electron chi connectivity index (χ1n) is 23.8. The summed E-state index contributed by atoms with van der Waals surface area (Å²) in [5.41, 5.74) is 28.8. The van der Waals surface area contributed by atoms with Crippen LogP contribution in [0.3, 0.4) is 0 Å². The Kier molecular flexibility index (Phi) is 24.9. The molecule has 3 rings (SSSR count). The molecule has 0 aliphatic carbocycles. The van der Waals surface area contributed by atoms with Gasteiger partial charge in [0.1, 0.15) is 42.3 Å². The summed E-state index contributed by atoms with van der Waals surface area (Å²) in [6.07, 6.45) is -3.14. The number of amides is 10. The molecule has 0 spiro atoms. The van der Waals surface area contributed by atoms with E-state index >= 15 is 0 Å². The summed E-state index contributed by atoms with van der Waals surface area (Å²) in [6, 6.07) is 3.59. The van der Waals surface area contributed by atoms with Gasteiger partial charge in [0.05, 0.1) is 32.0 Å². The van der Waals surface area contributed by atoms with E-state index in [1.165, 1.54) is 6.92 Å². The molecule has 0 saturated carbocycles. The largest absolute Gasteiger partial charge is 0.481 e. The Morgan fingerprint density at radius 1 is 0.584 bits per heavy atom. The Morgan fingerprint density at radius 3 is 1.62 bits per heavy atom. The van der Waals surface area contributed by atoms with Crippen LogP contribution in [0, 0.1) is 0 Å². The van der Waals surface area contributed by atoms with Crippen molar-refractivity contribution < 1.29 is 72.9 Å². The number of H-pyrrole nitrogens is 1. The van der Waals surface area contributed by atoms with Gasteiger partial charge in [-0.2, -0.15) is 0 Å². The predicted molar refractivity (Wildman–Crippen MR) is 271 cm³/mol. The van der Waals surface area contributed by atoms with Crippen molar-refractivity contribution >= 4 is 87.9 Å². The summed E-state index contributed by atoms with van der Waals surface area (Å²) in [6.45, 7) is -0.406. The second-order valence-corrected chi connectivity index (χ2v) is 17.5. The van der Waals surface area contributed by atoms with E-state index in [-0.39, 0.29) is 38.2 Å². The third-order valence-corrected chi connectivity index (χ3v) is 11.3. The lowest BCUT2D eigenvalue weighted by Crippen LogP contribution is -2.60. The molecule has 1 aromatic heterocycles. The van der Waals surface area contributed by atoms with E-state index in [2.05, 4.69) is 52.5 Å². The zero-order chi connectivity index (χ0) is 57.4. The molecule has 0 aliphatic rings. The van der Waals surface area contributed by atoms with Crippen LogP contribution >= 0.6 is 0 Å². The molecule has 2 aromatic carbocycles. The van der Waals surface area contributed by atoms with Crippen molar-refractivity contribution in [3.63, 3.8) is 0 Å². The number of nitrogens with two attached hydrogens (primary N) is 5. The molecule has 30 nitrogen and oxygen atoms in total. The summed E-state index contributed by atoms with van der Waals surface area (Å²) in [5, 5.41) is 47.7. The van der Waals surface area contributed by atoms with Crippen molar-refractivity contribution in [2.75, 3.05) is 19.6 Å². The van der Waals surface area contributed by atoms with E-state index in [1.54, 1.807) is 60.8 Å². The highest BCUT2D eigenvalue weighted by Crippen LogP contribution is 2.20. The quantitative estimate of drug-likeness (QED) is 0.0153. The lowest BCUT2D eigenvalue weighted by molar-refractivity contribution is -0.142. The van der Waals surface area contributed by atoms with Crippen molar-refractivity contribution in [1.82, 2.24) is 47.5 Å². The Labute approximate surface area is 439 Å². The highest BCUT2D eigenvalue weighted by molar-refractivity contribution is 5.99. The number of hydrogen-bond donors (Lipinski definition) is 17. The number of carbonyl (C=O) groups is 12. The van der Waals surface area contributed by atoms with Gasteiger partial charge in [-0.3, -0.25) is 57.7 Å². The maximum absolute atomic E-state index is 14.2. The van der Waals surface area contributed by atoms with Gasteiger partial charge in [-0.05, 0) is 43.4 Å². The van der Waals surface area contributed by atoms with Crippen molar-refractivity contribution in [3.8, 4) is 0 Å². The van der Waals surface area contributed by atoms with Gasteiger partial charge in [-0.25, -0.2) is 4.79 Å². The summed E-state index contributed by atoms with van der Waals surface area (Å²) >= 11 is 0. The van der Waals surface area contributed by atoms with Crippen molar-refractivity contribution in [3.05, 3.63) is 71.9 Å². The molecular weight excluding hydrogens is 1010 g/mol. The van der Waals surface area contributed by atoms with Gasteiger partial charge in [0.15, 0.2) is 5.96 Å². The minimum atomic E-state index is -1.84. The predicted octanol–water partition coefficient (Wildman–Crippen LogP) is -6.44. The Hall–Kier alpha value is -9.19. The first kappa shape index (κ1) is 62.1. The smallest absolute Gasteiger partial charge is 0.326 e. The number of nitrogens with one attached hydrogen (secondary N) is 9. The standard InChI is InChI=1S/C47H65N15O15/c1-23(63)39(50)45(75)56-22-36(66)57-28(13-14-38(68)69)40(70)55-21-37(67)58-32(18-34(48)64)43(73)60-30(16-24-8-3-2-4-9-24)41(71)62-33(19-35(49)65)44(74)61-31(17-25-20-54-27-11-6-5-10-26(25)27)42(72)59-29(46(76)77)12-7-15-53-47(51)52/h2-6,8-11,20,23,28-33,39,54,63H,7,12-19,21-22,50H2,1H3,(H2,48,64)(H2,49,65)(H,55,70)(H,56,75)(H,57,66)(H,58,67)(H,59,72)(H,60,73)(H,61,74)(H,62,71)(H,68,69)(H,76,77)(H4,51,52,53)/t23-,28+,29+,30+,31+,32+,33+,39+/m1/s1. The Balaban J connectivity index is 1.86. The van der Waals surface area contributed by atoms with Crippen molar-refractivity contribution in [2.45, 2.75) is 107 Å². The molecule has 0 saturated heterocycles. The van der Waals surface area contributed by atoms with Crippen LogP contribution < -0.4 is 71.2 Å². The first-order valence-corrected chi connectivity index (χ1v) is 23.8. The molecule has 10 amide bonds. The average Bonchev–Trinajstić information content (AvgIpc) is 3.77. The fourth-order valence-corrected chi connectivity index (χ4v) is 7.28. The molecule has 1 heterocycles.